The Hall–Kier alpha value is -0.580. The van der Waals surface area contributed by atoms with Crippen molar-refractivity contribution in [2.45, 2.75) is 32.5 Å². The van der Waals surface area contributed by atoms with Gasteiger partial charge in [0.15, 0.2) is 0 Å². The second kappa shape index (κ2) is 5.66. The summed E-state index contributed by atoms with van der Waals surface area (Å²) in [6.07, 6.45) is 4.05. The minimum atomic E-state index is 0. The third kappa shape index (κ3) is 3.20. The largest absolute Gasteiger partial charge is 0.311 e. The van der Waals surface area contributed by atoms with Gasteiger partial charge < -0.3 is 5.32 Å². The molecule has 1 fully saturated rings. The van der Waals surface area contributed by atoms with E-state index in [0.29, 0.717) is 12.1 Å². The van der Waals surface area contributed by atoms with Gasteiger partial charge in [0.05, 0.1) is 6.20 Å². The van der Waals surface area contributed by atoms with E-state index in [9.17, 15) is 0 Å². The highest BCUT2D eigenvalue weighted by molar-refractivity contribution is 5.85. The van der Waals surface area contributed by atoms with Crippen LogP contribution in [0.5, 0.6) is 0 Å². The summed E-state index contributed by atoms with van der Waals surface area (Å²) in [5.41, 5.74) is 1.30. The number of hydrogen-bond acceptors (Lipinski definition) is 3. The molecule has 1 aliphatic rings. The Morgan fingerprint density at radius 3 is 2.88 bits per heavy atom. The number of aryl methyl sites for hydroxylation is 1. The third-order valence-electron chi connectivity index (χ3n) is 3.04. The van der Waals surface area contributed by atoms with Gasteiger partial charge >= 0.3 is 0 Å². The summed E-state index contributed by atoms with van der Waals surface area (Å²) in [6.45, 7) is 7.73. The summed E-state index contributed by atoms with van der Waals surface area (Å²) in [6, 6.07) is 1.21. The van der Waals surface area contributed by atoms with Crippen LogP contribution in [0.3, 0.4) is 0 Å². The molecule has 2 heterocycles. The van der Waals surface area contributed by atoms with Gasteiger partial charge in [-0.15, -0.1) is 12.4 Å². The van der Waals surface area contributed by atoms with E-state index >= 15 is 0 Å². The first-order valence-electron chi connectivity index (χ1n) is 5.60. The highest BCUT2D eigenvalue weighted by Gasteiger charge is 2.22. The third-order valence-corrected chi connectivity index (χ3v) is 3.04. The zero-order chi connectivity index (χ0) is 10.8. The molecule has 16 heavy (non-hydrogen) atoms. The average molecular weight is 245 g/mol. The minimum Gasteiger partial charge on any atom is -0.311 e. The molecule has 0 saturated carbocycles. The SMILES string of the molecule is CC1CN(Cc2cnn(C)c2)C(C)CN1.Cl. The maximum Gasteiger partial charge on any atom is 0.0534 e. The zero-order valence-electron chi connectivity index (χ0n) is 10.2. The Kier molecular flexibility index (Phi) is 4.77. The lowest BCUT2D eigenvalue weighted by Gasteiger charge is -2.37. The normalized spacial score (nSPS) is 26.4. The van der Waals surface area contributed by atoms with Crippen molar-refractivity contribution in [1.29, 1.82) is 0 Å². The van der Waals surface area contributed by atoms with Crippen LogP contribution in [-0.4, -0.2) is 39.9 Å². The van der Waals surface area contributed by atoms with Crippen molar-refractivity contribution in [1.82, 2.24) is 20.0 Å². The summed E-state index contributed by atoms with van der Waals surface area (Å²) >= 11 is 0. The van der Waals surface area contributed by atoms with Crippen molar-refractivity contribution < 1.29 is 0 Å². The molecule has 4 nitrogen and oxygen atoms in total. The van der Waals surface area contributed by atoms with Gasteiger partial charge in [-0.3, -0.25) is 9.58 Å². The lowest BCUT2D eigenvalue weighted by molar-refractivity contribution is 0.139. The number of hydrogen-bond donors (Lipinski definition) is 1. The molecular formula is C11H21ClN4. The summed E-state index contributed by atoms with van der Waals surface area (Å²) < 4.78 is 1.87. The zero-order valence-corrected chi connectivity index (χ0v) is 11.0. The van der Waals surface area contributed by atoms with Crippen LogP contribution in [0, 0.1) is 0 Å². The van der Waals surface area contributed by atoms with Gasteiger partial charge in [-0.25, -0.2) is 0 Å². The van der Waals surface area contributed by atoms with Crippen LogP contribution in [0.1, 0.15) is 19.4 Å². The topological polar surface area (TPSA) is 33.1 Å². The second-order valence-corrected chi connectivity index (χ2v) is 4.61. The smallest absolute Gasteiger partial charge is 0.0534 e. The first-order chi connectivity index (χ1) is 7.15. The first kappa shape index (κ1) is 13.5. The van der Waals surface area contributed by atoms with E-state index in [4.69, 9.17) is 0 Å². The number of nitrogens with one attached hydrogen (secondary N) is 1. The van der Waals surface area contributed by atoms with Crippen molar-refractivity contribution >= 4 is 12.4 Å². The Labute approximate surface area is 103 Å². The highest BCUT2D eigenvalue weighted by atomic mass is 35.5. The van der Waals surface area contributed by atoms with Crippen molar-refractivity contribution in [3.8, 4) is 0 Å². The predicted octanol–water partition coefficient (Wildman–Crippen LogP) is 1.02. The van der Waals surface area contributed by atoms with Crippen molar-refractivity contribution in [3.05, 3.63) is 18.0 Å². The Morgan fingerprint density at radius 2 is 2.25 bits per heavy atom. The van der Waals surface area contributed by atoms with E-state index < -0.39 is 0 Å². The molecule has 5 heteroatoms. The molecular weight excluding hydrogens is 224 g/mol. The molecule has 0 aliphatic carbocycles. The molecule has 0 spiro atoms. The predicted molar refractivity (Wildman–Crippen MR) is 67.8 cm³/mol. The molecule has 2 atom stereocenters. The second-order valence-electron chi connectivity index (χ2n) is 4.61. The Balaban J connectivity index is 0.00000128. The van der Waals surface area contributed by atoms with Crippen molar-refractivity contribution in [2.75, 3.05) is 13.1 Å². The highest BCUT2D eigenvalue weighted by Crippen LogP contribution is 2.11. The first-order valence-corrected chi connectivity index (χ1v) is 5.60. The average Bonchev–Trinajstić information content (AvgIpc) is 2.58. The molecule has 0 aromatic carbocycles. The summed E-state index contributed by atoms with van der Waals surface area (Å²) in [7, 11) is 1.97. The number of nitrogens with zero attached hydrogens (tertiary/aromatic N) is 3. The van der Waals surface area contributed by atoms with Crippen LogP contribution in [-0.2, 0) is 13.6 Å². The fourth-order valence-electron chi connectivity index (χ4n) is 2.11. The minimum absolute atomic E-state index is 0. The van der Waals surface area contributed by atoms with E-state index in [2.05, 4.69) is 35.4 Å². The fraction of sp³-hybridized carbons (Fsp3) is 0.727. The maximum absolute atomic E-state index is 4.20. The molecule has 1 saturated heterocycles. The molecule has 0 bridgehead atoms. The molecule has 0 amide bonds. The number of halogens is 1. The van der Waals surface area contributed by atoms with Gasteiger partial charge in [-0.2, -0.15) is 5.10 Å². The van der Waals surface area contributed by atoms with Crippen LogP contribution in [0.4, 0.5) is 0 Å². The summed E-state index contributed by atoms with van der Waals surface area (Å²) in [5.74, 6) is 0. The molecule has 0 radical (unpaired) electrons. The van der Waals surface area contributed by atoms with Crippen LogP contribution >= 0.6 is 12.4 Å². The number of aromatic nitrogens is 2. The van der Waals surface area contributed by atoms with Crippen LogP contribution in [0.25, 0.3) is 0 Å². The van der Waals surface area contributed by atoms with Gasteiger partial charge in [0.25, 0.3) is 0 Å². The molecule has 92 valence electrons. The van der Waals surface area contributed by atoms with E-state index in [1.165, 1.54) is 5.56 Å². The van der Waals surface area contributed by atoms with Gasteiger partial charge in [0, 0.05) is 50.5 Å². The summed E-state index contributed by atoms with van der Waals surface area (Å²) in [4.78, 5) is 2.51. The van der Waals surface area contributed by atoms with E-state index in [1.54, 1.807) is 0 Å². The monoisotopic (exact) mass is 244 g/mol. The number of rotatable bonds is 2. The van der Waals surface area contributed by atoms with Crippen LogP contribution in [0.15, 0.2) is 12.4 Å². The molecule has 1 aromatic heterocycles. The molecule has 1 aromatic rings. The van der Waals surface area contributed by atoms with Gasteiger partial charge in [-0.1, -0.05) is 0 Å². The van der Waals surface area contributed by atoms with Gasteiger partial charge in [0.2, 0.25) is 0 Å². The van der Waals surface area contributed by atoms with Crippen molar-refractivity contribution in [3.63, 3.8) is 0 Å². The lowest BCUT2D eigenvalue weighted by Crippen LogP contribution is -2.53. The molecule has 2 rings (SSSR count). The van der Waals surface area contributed by atoms with E-state index in [1.807, 2.05) is 17.9 Å². The fourth-order valence-corrected chi connectivity index (χ4v) is 2.11. The van der Waals surface area contributed by atoms with E-state index in [0.717, 1.165) is 19.6 Å². The summed E-state index contributed by atoms with van der Waals surface area (Å²) in [5, 5.41) is 7.69. The lowest BCUT2D eigenvalue weighted by atomic mass is 10.1. The number of piperazine rings is 1. The Morgan fingerprint density at radius 1 is 1.50 bits per heavy atom. The van der Waals surface area contributed by atoms with Crippen LogP contribution < -0.4 is 5.32 Å². The van der Waals surface area contributed by atoms with Gasteiger partial charge in [-0.05, 0) is 13.8 Å². The van der Waals surface area contributed by atoms with E-state index in [-0.39, 0.29) is 12.4 Å². The van der Waals surface area contributed by atoms with Gasteiger partial charge in [0.1, 0.15) is 0 Å². The van der Waals surface area contributed by atoms with Crippen molar-refractivity contribution in [2.24, 2.45) is 7.05 Å². The standard InChI is InChI=1S/C11H20N4.ClH/c1-9-6-15(10(2)4-12-9)8-11-5-13-14(3)7-11;/h5,7,9-10,12H,4,6,8H2,1-3H3;1H. The maximum atomic E-state index is 4.20. The molecule has 2 unspecified atom stereocenters. The molecule has 1 N–H and O–H groups in total. The quantitative estimate of drug-likeness (QED) is 0.844. The Bertz CT molecular complexity index is 326. The molecule has 1 aliphatic heterocycles. The van der Waals surface area contributed by atoms with Crippen LogP contribution in [0.2, 0.25) is 0 Å².